The van der Waals surface area contributed by atoms with Gasteiger partial charge < -0.3 is 15.0 Å². The Bertz CT molecular complexity index is 711. The lowest BCUT2D eigenvalue weighted by atomic mass is 10.1. The summed E-state index contributed by atoms with van der Waals surface area (Å²) < 4.78 is 4.67. The fourth-order valence-electron chi connectivity index (χ4n) is 2.32. The van der Waals surface area contributed by atoms with Crippen LogP contribution in [-0.2, 0) is 17.8 Å². The molecular formula is C19H22N2O3. The first-order chi connectivity index (χ1) is 11.5. The van der Waals surface area contributed by atoms with Crippen LogP contribution < -0.4 is 5.32 Å². The van der Waals surface area contributed by atoms with Gasteiger partial charge >= 0.3 is 12.0 Å². The molecular weight excluding hydrogens is 304 g/mol. The summed E-state index contributed by atoms with van der Waals surface area (Å²) in [7, 11) is 3.09. The molecule has 126 valence electrons. The quantitative estimate of drug-likeness (QED) is 0.859. The number of hydrogen-bond donors (Lipinski definition) is 1. The predicted octanol–water partition coefficient (Wildman–Crippen LogP) is 3.12. The summed E-state index contributed by atoms with van der Waals surface area (Å²) in [5.74, 6) is -0.370. The van der Waals surface area contributed by atoms with Crippen molar-refractivity contribution in [1.29, 1.82) is 0 Å². The second-order valence-corrected chi connectivity index (χ2v) is 5.63. The number of methoxy groups -OCH3 is 1. The second kappa shape index (κ2) is 8.15. The Hall–Kier alpha value is -2.82. The van der Waals surface area contributed by atoms with Gasteiger partial charge in [0.1, 0.15) is 0 Å². The molecule has 5 nitrogen and oxygen atoms in total. The highest BCUT2D eigenvalue weighted by Gasteiger charge is 2.10. The lowest BCUT2D eigenvalue weighted by Crippen LogP contribution is -2.36. The summed E-state index contributed by atoms with van der Waals surface area (Å²) in [5, 5.41) is 2.91. The first kappa shape index (κ1) is 17.5. The van der Waals surface area contributed by atoms with Gasteiger partial charge in [0.05, 0.1) is 12.7 Å². The monoisotopic (exact) mass is 326 g/mol. The van der Waals surface area contributed by atoms with Gasteiger partial charge in [-0.15, -0.1) is 0 Å². The van der Waals surface area contributed by atoms with Crippen molar-refractivity contribution in [2.24, 2.45) is 0 Å². The minimum absolute atomic E-state index is 0.143. The van der Waals surface area contributed by atoms with E-state index in [4.69, 9.17) is 0 Å². The molecule has 0 saturated carbocycles. The Balaban J connectivity index is 1.89. The maximum Gasteiger partial charge on any atom is 0.337 e. The van der Waals surface area contributed by atoms with E-state index in [9.17, 15) is 9.59 Å². The van der Waals surface area contributed by atoms with Gasteiger partial charge in [0, 0.05) is 20.1 Å². The molecule has 0 aliphatic carbocycles. The summed E-state index contributed by atoms with van der Waals surface area (Å²) in [6, 6.07) is 14.8. The summed E-state index contributed by atoms with van der Waals surface area (Å²) >= 11 is 0. The van der Waals surface area contributed by atoms with E-state index in [0.29, 0.717) is 18.7 Å². The Kier molecular flexibility index (Phi) is 5.95. The average molecular weight is 326 g/mol. The molecule has 1 N–H and O–H groups in total. The maximum absolute atomic E-state index is 12.2. The standard InChI is InChI=1S/C19H22N2O3/c1-14-6-4-5-7-17(14)12-20-19(23)21(2)13-15-8-10-16(11-9-15)18(22)24-3/h4-11H,12-13H2,1-3H3,(H,20,23). The Morgan fingerprint density at radius 3 is 2.38 bits per heavy atom. The maximum atomic E-state index is 12.2. The molecule has 0 aliphatic heterocycles. The number of aryl methyl sites for hydroxylation is 1. The molecule has 0 heterocycles. The zero-order valence-corrected chi connectivity index (χ0v) is 14.2. The first-order valence-electron chi connectivity index (χ1n) is 7.72. The van der Waals surface area contributed by atoms with Crippen LogP contribution in [0.5, 0.6) is 0 Å². The minimum atomic E-state index is -0.370. The fourth-order valence-corrected chi connectivity index (χ4v) is 2.32. The molecule has 0 atom stereocenters. The number of ether oxygens (including phenoxy) is 1. The van der Waals surface area contributed by atoms with E-state index in [-0.39, 0.29) is 12.0 Å². The normalized spacial score (nSPS) is 10.1. The van der Waals surface area contributed by atoms with Gasteiger partial charge in [-0.25, -0.2) is 9.59 Å². The van der Waals surface area contributed by atoms with Gasteiger partial charge in [0.25, 0.3) is 0 Å². The van der Waals surface area contributed by atoms with E-state index in [1.807, 2.05) is 43.3 Å². The van der Waals surface area contributed by atoms with Gasteiger partial charge in [-0.05, 0) is 35.7 Å². The minimum Gasteiger partial charge on any atom is -0.465 e. The molecule has 0 saturated heterocycles. The van der Waals surface area contributed by atoms with E-state index < -0.39 is 0 Å². The van der Waals surface area contributed by atoms with Crippen molar-refractivity contribution >= 4 is 12.0 Å². The van der Waals surface area contributed by atoms with Gasteiger partial charge in [0.2, 0.25) is 0 Å². The number of rotatable bonds is 5. The number of carbonyl (C=O) groups is 2. The van der Waals surface area contributed by atoms with Crippen LogP contribution in [0.25, 0.3) is 0 Å². The number of esters is 1. The highest BCUT2D eigenvalue weighted by molar-refractivity contribution is 5.89. The number of carbonyl (C=O) groups excluding carboxylic acids is 2. The van der Waals surface area contributed by atoms with Crippen molar-refractivity contribution in [2.45, 2.75) is 20.0 Å². The predicted molar refractivity (Wildman–Crippen MR) is 92.7 cm³/mol. The number of nitrogens with one attached hydrogen (secondary N) is 1. The number of nitrogens with zero attached hydrogens (tertiary/aromatic N) is 1. The third-order valence-electron chi connectivity index (χ3n) is 3.83. The SMILES string of the molecule is COC(=O)c1ccc(CN(C)C(=O)NCc2ccccc2C)cc1. The molecule has 2 aromatic carbocycles. The largest absolute Gasteiger partial charge is 0.465 e. The van der Waals surface area contributed by atoms with E-state index in [1.54, 1.807) is 24.1 Å². The van der Waals surface area contributed by atoms with E-state index in [1.165, 1.54) is 7.11 Å². The topological polar surface area (TPSA) is 58.6 Å². The Morgan fingerprint density at radius 2 is 1.75 bits per heavy atom. The van der Waals surface area contributed by atoms with Crippen molar-refractivity contribution in [3.8, 4) is 0 Å². The lowest BCUT2D eigenvalue weighted by Gasteiger charge is -2.18. The highest BCUT2D eigenvalue weighted by Crippen LogP contribution is 2.09. The summed E-state index contributed by atoms with van der Waals surface area (Å²) in [5.41, 5.74) is 3.68. The van der Waals surface area contributed by atoms with E-state index in [0.717, 1.165) is 16.7 Å². The Labute approximate surface area is 142 Å². The highest BCUT2D eigenvalue weighted by atomic mass is 16.5. The fraction of sp³-hybridized carbons (Fsp3) is 0.263. The zero-order chi connectivity index (χ0) is 17.5. The number of benzene rings is 2. The van der Waals surface area contributed by atoms with E-state index >= 15 is 0 Å². The van der Waals surface area contributed by atoms with Crippen molar-refractivity contribution < 1.29 is 14.3 Å². The van der Waals surface area contributed by atoms with Crippen LogP contribution in [0.3, 0.4) is 0 Å². The van der Waals surface area contributed by atoms with Crippen molar-refractivity contribution in [3.63, 3.8) is 0 Å². The number of urea groups is 1. The molecule has 0 fully saturated rings. The second-order valence-electron chi connectivity index (χ2n) is 5.63. The smallest absolute Gasteiger partial charge is 0.337 e. The van der Waals surface area contributed by atoms with Gasteiger partial charge in [-0.2, -0.15) is 0 Å². The molecule has 5 heteroatoms. The third kappa shape index (κ3) is 4.59. The number of amides is 2. The summed E-state index contributed by atoms with van der Waals surface area (Å²) in [6.07, 6.45) is 0. The molecule has 2 amide bonds. The van der Waals surface area contributed by atoms with Crippen LogP contribution in [0.1, 0.15) is 27.0 Å². The van der Waals surface area contributed by atoms with Crippen LogP contribution in [0.4, 0.5) is 4.79 Å². The average Bonchev–Trinajstić information content (AvgIpc) is 2.60. The van der Waals surface area contributed by atoms with Gasteiger partial charge in [0.15, 0.2) is 0 Å². The third-order valence-corrected chi connectivity index (χ3v) is 3.83. The van der Waals surface area contributed by atoms with Crippen molar-refractivity contribution in [1.82, 2.24) is 10.2 Å². The van der Waals surface area contributed by atoms with Gasteiger partial charge in [-0.1, -0.05) is 36.4 Å². The molecule has 0 bridgehead atoms. The molecule has 2 rings (SSSR count). The molecule has 2 aromatic rings. The molecule has 0 aromatic heterocycles. The van der Waals surface area contributed by atoms with Crippen LogP contribution >= 0.6 is 0 Å². The molecule has 24 heavy (non-hydrogen) atoms. The lowest BCUT2D eigenvalue weighted by molar-refractivity contribution is 0.0600. The van der Waals surface area contributed by atoms with Crippen LogP contribution in [0.2, 0.25) is 0 Å². The molecule has 0 radical (unpaired) electrons. The summed E-state index contributed by atoms with van der Waals surface area (Å²) in [4.78, 5) is 25.2. The van der Waals surface area contributed by atoms with Crippen molar-refractivity contribution in [3.05, 3.63) is 70.8 Å². The molecule has 0 unspecified atom stereocenters. The van der Waals surface area contributed by atoms with Crippen LogP contribution in [0, 0.1) is 6.92 Å². The summed E-state index contributed by atoms with van der Waals surface area (Å²) in [6.45, 7) is 2.98. The van der Waals surface area contributed by atoms with E-state index in [2.05, 4.69) is 10.1 Å². The van der Waals surface area contributed by atoms with Crippen LogP contribution in [-0.4, -0.2) is 31.1 Å². The first-order valence-corrected chi connectivity index (χ1v) is 7.72. The van der Waals surface area contributed by atoms with Crippen LogP contribution in [0.15, 0.2) is 48.5 Å². The van der Waals surface area contributed by atoms with Gasteiger partial charge in [-0.3, -0.25) is 0 Å². The molecule has 0 aliphatic rings. The molecule has 0 spiro atoms. The van der Waals surface area contributed by atoms with Crippen molar-refractivity contribution in [2.75, 3.05) is 14.2 Å². The number of hydrogen-bond acceptors (Lipinski definition) is 3. The Morgan fingerprint density at radius 1 is 1.08 bits per heavy atom. The zero-order valence-electron chi connectivity index (χ0n) is 14.2.